The summed E-state index contributed by atoms with van der Waals surface area (Å²) in [7, 11) is 3.78. The van der Waals surface area contributed by atoms with E-state index in [4.69, 9.17) is 9.47 Å². The minimum absolute atomic E-state index is 0.286. The first kappa shape index (κ1) is 17.2. The standard InChI is InChI=1S/C20H29NO3/c1-4-21(2)10-6-9-15-13-24-18-12-16(23-3)11-17(22)20(18)19(15)14-7-5-8-14/h11-12,15,22H,4-10,13H2,1-3H3. The van der Waals surface area contributed by atoms with E-state index < -0.39 is 0 Å². The van der Waals surface area contributed by atoms with Crippen molar-refractivity contribution in [2.75, 3.05) is 33.9 Å². The molecule has 1 unspecified atom stereocenters. The first-order valence-corrected chi connectivity index (χ1v) is 9.08. The monoisotopic (exact) mass is 331 g/mol. The molecule has 1 heterocycles. The summed E-state index contributed by atoms with van der Waals surface area (Å²) in [6.45, 7) is 5.08. The maximum atomic E-state index is 10.6. The number of hydrogen-bond donors (Lipinski definition) is 1. The van der Waals surface area contributed by atoms with E-state index in [1.54, 1.807) is 13.2 Å². The zero-order valence-corrected chi connectivity index (χ0v) is 15.1. The Morgan fingerprint density at radius 3 is 2.75 bits per heavy atom. The molecule has 4 heteroatoms. The fraction of sp³-hybridized carbons (Fsp3) is 0.600. The lowest BCUT2D eigenvalue weighted by Crippen LogP contribution is -2.25. The molecule has 1 aromatic carbocycles. The molecule has 3 rings (SSSR count). The van der Waals surface area contributed by atoms with E-state index in [1.807, 2.05) is 6.07 Å². The molecule has 1 fully saturated rings. The number of rotatable bonds is 6. The van der Waals surface area contributed by atoms with E-state index in [-0.39, 0.29) is 5.75 Å². The average Bonchev–Trinajstić information content (AvgIpc) is 2.54. The molecule has 1 saturated carbocycles. The average molecular weight is 331 g/mol. The molecule has 0 saturated heterocycles. The Hall–Kier alpha value is -1.68. The van der Waals surface area contributed by atoms with Gasteiger partial charge in [-0.25, -0.2) is 0 Å². The lowest BCUT2D eigenvalue weighted by atomic mass is 9.77. The smallest absolute Gasteiger partial charge is 0.134 e. The predicted octanol–water partition coefficient (Wildman–Crippen LogP) is 4.08. The van der Waals surface area contributed by atoms with Crippen molar-refractivity contribution >= 4 is 5.57 Å². The number of phenolic OH excluding ortho intramolecular Hbond substituents is 1. The SMILES string of the molecule is CCN(C)CCCC1COc2cc(OC)cc(O)c2C1=C1CCC1. The molecule has 0 radical (unpaired) electrons. The second-order valence-electron chi connectivity index (χ2n) is 6.94. The van der Waals surface area contributed by atoms with Gasteiger partial charge < -0.3 is 19.5 Å². The van der Waals surface area contributed by atoms with Gasteiger partial charge in [0, 0.05) is 18.1 Å². The summed E-state index contributed by atoms with van der Waals surface area (Å²) in [4.78, 5) is 2.34. The maximum absolute atomic E-state index is 10.6. The largest absolute Gasteiger partial charge is 0.507 e. The lowest BCUT2D eigenvalue weighted by molar-refractivity contribution is 0.245. The summed E-state index contributed by atoms with van der Waals surface area (Å²) >= 11 is 0. The summed E-state index contributed by atoms with van der Waals surface area (Å²) in [5.41, 5.74) is 3.77. The van der Waals surface area contributed by atoms with Gasteiger partial charge in [-0.15, -0.1) is 0 Å². The van der Waals surface area contributed by atoms with Crippen molar-refractivity contribution in [1.29, 1.82) is 0 Å². The second-order valence-corrected chi connectivity index (χ2v) is 6.94. The minimum atomic E-state index is 0.286. The van der Waals surface area contributed by atoms with Gasteiger partial charge >= 0.3 is 0 Å². The van der Waals surface area contributed by atoms with E-state index >= 15 is 0 Å². The number of nitrogens with zero attached hydrogens (tertiary/aromatic N) is 1. The first-order valence-electron chi connectivity index (χ1n) is 9.08. The highest BCUT2D eigenvalue weighted by molar-refractivity contribution is 5.81. The molecule has 1 aliphatic carbocycles. The van der Waals surface area contributed by atoms with Crippen molar-refractivity contribution in [3.8, 4) is 17.2 Å². The summed E-state index contributed by atoms with van der Waals surface area (Å²) in [5, 5.41) is 10.6. The van der Waals surface area contributed by atoms with Gasteiger partial charge in [-0.05, 0) is 57.8 Å². The molecule has 0 spiro atoms. The van der Waals surface area contributed by atoms with Gasteiger partial charge in [-0.1, -0.05) is 12.5 Å². The molecule has 24 heavy (non-hydrogen) atoms. The molecule has 0 amide bonds. The van der Waals surface area contributed by atoms with Gasteiger partial charge in [0.25, 0.3) is 0 Å². The van der Waals surface area contributed by atoms with Gasteiger partial charge in [0.2, 0.25) is 0 Å². The van der Waals surface area contributed by atoms with E-state index in [1.165, 1.54) is 17.6 Å². The molecule has 0 bridgehead atoms. The fourth-order valence-electron chi connectivity index (χ4n) is 3.64. The highest BCUT2D eigenvalue weighted by Crippen LogP contribution is 2.49. The Morgan fingerprint density at radius 1 is 1.33 bits per heavy atom. The molecule has 1 aromatic rings. The third kappa shape index (κ3) is 3.39. The van der Waals surface area contributed by atoms with Gasteiger partial charge in [-0.3, -0.25) is 0 Å². The molecule has 0 aromatic heterocycles. The summed E-state index contributed by atoms with van der Waals surface area (Å²) < 4.78 is 11.3. The van der Waals surface area contributed by atoms with Crippen LogP contribution in [0.1, 0.15) is 44.6 Å². The van der Waals surface area contributed by atoms with Crippen molar-refractivity contribution in [3.63, 3.8) is 0 Å². The maximum Gasteiger partial charge on any atom is 0.134 e. The van der Waals surface area contributed by atoms with Crippen LogP contribution in [-0.4, -0.2) is 43.9 Å². The van der Waals surface area contributed by atoms with E-state index in [0.29, 0.717) is 18.3 Å². The van der Waals surface area contributed by atoms with Gasteiger partial charge in [-0.2, -0.15) is 0 Å². The number of allylic oxidation sites excluding steroid dienone is 1. The Balaban J connectivity index is 1.86. The Kier molecular flexibility index (Phi) is 5.34. The van der Waals surface area contributed by atoms with Crippen LogP contribution in [0.25, 0.3) is 5.57 Å². The van der Waals surface area contributed by atoms with Crippen LogP contribution in [0.2, 0.25) is 0 Å². The van der Waals surface area contributed by atoms with Gasteiger partial charge in [0.15, 0.2) is 0 Å². The number of benzene rings is 1. The number of aromatic hydroxyl groups is 1. The van der Waals surface area contributed by atoms with Crippen LogP contribution in [0.4, 0.5) is 0 Å². The summed E-state index contributed by atoms with van der Waals surface area (Å²) in [6, 6.07) is 3.60. The predicted molar refractivity (Wildman–Crippen MR) is 96.8 cm³/mol. The molecule has 132 valence electrons. The van der Waals surface area contributed by atoms with Crippen LogP contribution < -0.4 is 9.47 Å². The van der Waals surface area contributed by atoms with Crippen molar-refractivity contribution in [2.24, 2.45) is 5.92 Å². The first-order chi connectivity index (χ1) is 11.6. The number of hydrogen-bond acceptors (Lipinski definition) is 4. The Bertz CT molecular complexity index is 618. The zero-order chi connectivity index (χ0) is 17.1. The van der Waals surface area contributed by atoms with E-state index in [0.717, 1.165) is 50.1 Å². The quantitative estimate of drug-likeness (QED) is 0.853. The highest BCUT2D eigenvalue weighted by Gasteiger charge is 2.32. The molecule has 1 atom stereocenters. The third-order valence-electron chi connectivity index (χ3n) is 5.38. The number of methoxy groups -OCH3 is 1. The number of fused-ring (bicyclic) bond motifs is 1. The topological polar surface area (TPSA) is 41.9 Å². The fourth-order valence-corrected chi connectivity index (χ4v) is 3.64. The normalized spacial score (nSPS) is 19.8. The van der Waals surface area contributed by atoms with Crippen molar-refractivity contribution in [1.82, 2.24) is 4.90 Å². The summed E-state index contributed by atoms with van der Waals surface area (Å²) in [6.07, 6.45) is 5.84. The molecule has 1 N–H and O–H groups in total. The number of ether oxygens (including phenoxy) is 2. The number of phenols is 1. The van der Waals surface area contributed by atoms with E-state index in [9.17, 15) is 5.11 Å². The van der Waals surface area contributed by atoms with Crippen LogP contribution in [-0.2, 0) is 0 Å². The zero-order valence-electron chi connectivity index (χ0n) is 15.1. The Morgan fingerprint density at radius 2 is 2.12 bits per heavy atom. The summed E-state index contributed by atoms with van der Waals surface area (Å²) in [5.74, 6) is 2.09. The van der Waals surface area contributed by atoms with Crippen molar-refractivity contribution < 1.29 is 14.6 Å². The minimum Gasteiger partial charge on any atom is -0.507 e. The van der Waals surface area contributed by atoms with Crippen LogP contribution in [0.15, 0.2) is 17.7 Å². The van der Waals surface area contributed by atoms with Crippen LogP contribution in [0.5, 0.6) is 17.2 Å². The molecule has 2 aliphatic rings. The van der Waals surface area contributed by atoms with Crippen LogP contribution in [0.3, 0.4) is 0 Å². The molecular formula is C20H29NO3. The third-order valence-corrected chi connectivity index (χ3v) is 5.38. The second kappa shape index (κ2) is 7.47. The highest BCUT2D eigenvalue weighted by atomic mass is 16.5. The van der Waals surface area contributed by atoms with Crippen molar-refractivity contribution in [3.05, 3.63) is 23.3 Å². The van der Waals surface area contributed by atoms with Gasteiger partial charge in [0.05, 0.1) is 19.3 Å². The van der Waals surface area contributed by atoms with Crippen LogP contribution >= 0.6 is 0 Å². The lowest BCUT2D eigenvalue weighted by Gasteiger charge is -2.34. The Labute approximate surface area is 145 Å². The molecule has 1 aliphatic heterocycles. The van der Waals surface area contributed by atoms with Crippen molar-refractivity contribution in [2.45, 2.75) is 39.0 Å². The van der Waals surface area contributed by atoms with Gasteiger partial charge in [0.1, 0.15) is 17.2 Å². The van der Waals surface area contributed by atoms with Crippen LogP contribution in [0, 0.1) is 5.92 Å². The molecule has 4 nitrogen and oxygen atoms in total. The molecular weight excluding hydrogens is 302 g/mol. The van der Waals surface area contributed by atoms with E-state index in [2.05, 4.69) is 18.9 Å².